The van der Waals surface area contributed by atoms with Crippen molar-refractivity contribution in [3.05, 3.63) is 29.3 Å². The van der Waals surface area contributed by atoms with Gasteiger partial charge in [-0.15, -0.1) is 0 Å². The number of halogens is 2. The molecule has 0 amide bonds. The highest BCUT2D eigenvalue weighted by Gasteiger charge is 2.34. The molecule has 7 heteroatoms. The van der Waals surface area contributed by atoms with E-state index < -0.39 is 10.0 Å². The van der Waals surface area contributed by atoms with E-state index in [1.807, 2.05) is 0 Å². The zero-order valence-corrected chi connectivity index (χ0v) is 17.3. The van der Waals surface area contributed by atoms with Gasteiger partial charge in [0.2, 0.25) is 10.0 Å². The van der Waals surface area contributed by atoms with Crippen molar-refractivity contribution in [1.29, 1.82) is 0 Å². The number of sulfonamides is 1. The van der Waals surface area contributed by atoms with Gasteiger partial charge >= 0.3 is 0 Å². The monoisotopic (exact) mass is 408 g/mol. The first-order chi connectivity index (χ1) is 11.6. The lowest BCUT2D eigenvalue weighted by atomic mass is 10.0. The molecule has 1 fully saturated rings. The van der Waals surface area contributed by atoms with Crippen molar-refractivity contribution in [2.75, 3.05) is 19.6 Å². The number of piperazine rings is 1. The zero-order valence-electron chi connectivity index (χ0n) is 15.0. The minimum Gasteiger partial charge on any atom is -1.00 e. The number of hydrogen-bond acceptors (Lipinski definition) is 2. The van der Waals surface area contributed by atoms with Crippen LogP contribution in [0, 0.1) is 0 Å². The van der Waals surface area contributed by atoms with Crippen LogP contribution in [0.3, 0.4) is 0 Å². The molecule has 0 saturated carbocycles. The molecule has 1 aromatic rings. The van der Waals surface area contributed by atoms with Crippen molar-refractivity contribution in [2.24, 2.45) is 0 Å². The highest BCUT2D eigenvalue weighted by atomic mass is 35.5. The minimum atomic E-state index is -3.42. The van der Waals surface area contributed by atoms with E-state index in [0.29, 0.717) is 16.5 Å². The van der Waals surface area contributed by atoms with E-state index in [-0.39, 0.29) is 18.4 Å². The zero-order chi connectivity index (χ0) is 17.4. The predicted octanol–water partition coefficient (Wildman–Crippen LogP) is 0.0309. The number of nitrogens with two attached hydrogens (primary N) is 1. The summed E-state index contributed by atoms with van der Waals surface area (Å²) in [5.41, 5.74) is 0. The van der Waals surface area contributed by atoms with Crippen LogP contribution in [0.25, 0.3) is 0 Å². The summed E-state index contributed by atoms with van der Waals surface area (Å²) in [6.07, 6.45) is 8.36. The fourth-order valence-electron chi connectivity index (χ4n) is 3.31. The van der Waals surface area contributed by atoms with Crippen LogP contribution in [0.5, 0.6) is 0 Å². The lowest BCUT2D eigenvalue weighted by Crippen LogP contribution is -3.00. The summed E-state index contributed by atoms with van der Waals surface area (Å²) >= 11 is 5.88. The number of rotatable bonds is 9. The van der Waals surface area contributed by atoms with Crippen LogP contribution >= 0.6 is 11.6 Å². The largest absolute Gasteiger partial charge is 1.00 e. The van der Waals surface area contributed by atoms with Crippen molar-refractivity contribution in [3.8, 4) is 0 Å². The highest BCUT2D eigenvalue weighted by molar-refractivity contribution is 7.89. The van der Waals surface area contributed by atoms with Gasteiger partial charge in [-0.2, -0.15) is 4.31 Å². The molecule has 1 aliphatic rings. The van der Waals surface area contributed by atoms with E-state index in [0.717, 1.165) is 25.9 Å². The van der Waals surface area contributed by atoms with Gasteiger partial charge in [0, 0.05) is 5.02 Å². The van der Waals surface area contributed by atoms with Crippen molar-refractivity contribution < 1.29 is 26.1 Å². The van der Waals surface area contributed by atoms with E-state index >= 15 is 0 Å². The first-order valence-corrected chi connectivity index (χ1v) is 11.0. The van der Waals surface area contributed by atoms with Crippen LogP contribution in [0.1, 0.15) is 51.9 Å². The number of unbranched alkanes of at least 4 members (excludes halogenated alkanes) is 5. The summed E-state index contributed by atoms with van der Waals surface area (Å²) in [6.45, 7) is 4.50. The molecule has 1 saturated heterocycles. The quantitative estimate of drug-likeness (QED) is 0.586. The van der Waals surface area contributed by atoms with Crippen LogP contribution in [0.4, 0.5) is 0 Å². The van der Waals surface area contributed by atoms with Gasteiger partial charge in [0.25, 0.3) is 0 Å². The Bertz CT molecular complexity index is 594. The summed E-state index contributed by atoms with van der Waals surface area (Å²) in [6, 6.07) is 6.61. The van der Waals surface area contributed by atoms with Crippen LogP contribution in [-0.4, -0.2) is 38.4 Å². The van der Waals surface area contributed by atoms with E-state index in [4.69, 9.17) is 11.6 Å². The fourth-order valence-corrected chi connectivity index (χ4v) is 5.12. The third-order valence-corrected chi connectivity index (χ3v) is 6.93. The van der Waals surface area contributed by atoms with E-state index in [9.17, 15) is 8.42 Å². The lowest BCUT2D eigenvalue weighted by Gasteiger charge is -2.33. The first kappa shape index (κ1) is 22.7. The molecular weight excluding hydrogens is 379 g/mol. The second kappa shape index (κ2) is 11.4. The SMILES string of the molecule is CCCCCCCCC1C[NH2+]CCN1S(=O)(=O)c1ccc(Cl)cc1.[Cl-]. The molecule has 1 aromatic carbocycles. The van der Waals surface area contributed by atoms with Gasteiger partial charge in [0.05, 0.1) is 30.6 Å². The van der Waals surface area contributed by atoms with Crippen LogP contribution in [-0.2, 0) is 10.0 Å². The molecule has 0 radical (unpaired) electrons. The summed E-state index contributed by atoms with van der Waals surface area (Å²) in [4.78, 5) is 0.349. The van der Waals surface area contributed by atoms with Gasteiger partial charge in [-0.1, -0.05) is 57.0 Å². The summed E-state index contributed by atoms with van der Waals surface area (Å²) in [5.74, 6) is 0. The molecule has 1 heterocycles. The van der Waals surface area contributed by atoms with Crippen LogP contribution < -0.4 is 17.7 Å². The Kier molecular flexibility index (Phi) is 10.4. The minimum absolute atomic E-state index is 0. The molecule has 2 rings (SSSR count). The molecule has 0 spiro atoms. The second-order valence-electron chi connectivity index (χ2n) is 6.59. The van der Waals surface area contributed by atoms with Gasteiger partial charge in [0.1, 0.15) is 0 Å². The molecule has 4 nitrogen and oxygen atoms in total. The maximum absolute atomic E-state index is 13.0. The molecule has 144 valence electrons. The van der Waals surface area contributed by atoms with E-state index in [2.05, 4.69) is 12.2 Å². The highest BCUT2D eigenvalue weighted by Crippen LogP contribution is 2.23. The van der Waals surface area contributed by atoms with Crippen LogP contribution in [0.2, 0.25) is 5.02 Å². The average molecular weight is 409 g/mol. The molecule has 1 aliphatic heterocycles. The van der Waals surface area contributed by atoms with Gasteiger partial charge < -0.3 is 17.7 Å². The lowest BCUT2D eigenvalue weighted by molar-refractivity contribution is -0.667. The molecule has 2 N–H and O–H groups in total. The Labute approximate surface area is 163 Å². The van der Waals surface area contributed by atoms with Crippen molar-refractivity contribution in [2.45, 2.75) is 62.8 Å². The Morgan fingerprint density at radius 2 is 1.76 bits per heavy atom. The number of benzene rings is 1. The number of hydrogen-bond donors (Lipinski definition) is 1. The van der Waals surface area contributed by atoms with E-state index in [1.165, 1.54) is 32.1 Å². The van der Waals surface area contributed by atoms with Gasteiger partial charge in [-0.3, -0.25) is 0 Å². The Morgan fingerprint density at radius 3 is 2.44 bits per heavy atom. The second-order valence-corrected chi connectivity index (χ2v) is 8.92. The smallest absolute Gasteiger partial charge is 0.243 e. The maximum Gasteiger partial charge on any atom is 0.243 e. The average Bonchev–Trinajstić information content (AvgIpc) is 2.58. The Hall–Kier alpha value is -0.330. The molecule has 25 heavy (non-hydrogen) atoms. The van der Waals surface area contributed by atoms with Crippen molar-refractivity contribution >= 4 is 21.6 Å². The normalized spacial score (nSPS) is 18.7. The topological polar surface area (TPSA) is 54.0 Å². The number of quaternary nitrogens is 1. The summed E-state index contributed by atoms with van der Waals surface area (Å²) in [5, 5.41) is 2.79. The number of nitrogens with zero attached hydrogens (tertiary/aromatic N) is 1. The first-order valence-electron chi connectivity index (χ1n) is 9.14. The van der Waals surface area contributed by atoms with Crippen molar-refractivity contribution in [1.82, 2.24) is 4.31 Å². The van der Waals surface area contributed by atoms with Gasteiger partial charge in [-0.05, 0) is 30.7 Å². The standard InChI is InChI=1S/C18H29ClN2O2S.ClH/c1-2-3-4-5-6-7-8-17-15-20-13-14-21(17)24(22,23)18-11-9-16(19)10-12-18;/h9-12,17,20H,2-8,13-15H2,1H3;1H. The van der Waals surface area contributed by atoms with Gasteiger partial charge in [-0.25, -0.2) is 8.42 Å². The third-order valence-electron chi connectivity index (χ3n) is 4.71. The third kappa shape index (κ3) is 6.72. The molecule has 1 unspecified atom stereocenters. The predicted molar refractivity (Wildman–Crippen MR) is 98.8 cm³/mol. The van der Waals surface area contributed by atoms with Crippen molar-refractivity contribution in [3.63, 3.8) is 0 Å². The maximum atomic E-state index is 13.0. The van der Waals surface area contributed by atoms with E-state index in [1.54, 1.807) is 28.6 Å². The molecular formula is C18H30Cl2N2O2S. The molecule has 0 aromatic heterocycles. The fraction of sp³-hybridized carbons (Fsp3) is 0.667. The molecule has 0 aliphatic carbocycles. The Balaban J connectivity index is 0.00000312. The van der Waals surface area contributed by atoms with Crippen LogP contribution in [0.15, 0.2) is 29.2 Å². The summed E-state index contributed by atoms with van der Waals surface area (Å²) < 4.78 is 27.6. The molecule has 0 bridgehead atoms. The Morgan fingerprint density at radius 1 is 1.12 bits per heavy atom. The van der Waals surface area contributed by atoms with Gasteiger partial charge in [0.15, 0.2) is 0 Å². The summed E-state index contributed by atoms with van der Waals surface area (Å²) in [7, 11) is -3.42. The molecule has 1 atom stereocenters.